The molecule has 3 rings (SSSR count). The highest BCUT2D eigenvalue weighted by Crippen LogP contribution is 2.48. The number of hydrogen-bond donors (Lipinski definition) is 2. The summed E-state index contributed by atoms with van der Waals surface area (Å²) in [7, 11) is 0. The van der Waals surface area contributed by atoms with E-state index in [0.717, 1.165) is 25.7 Å². The molecular weight excluding hydrogens is 286 g/mol. The van der Waals surface area contributed by atoms with E-state index in [1.165, 1.54) is 77.0 Å². The summed E-state index contributed by atoms with van der Waals surface area (Å²) in [6.07, 6.45) is 19.9. The maximum absolute atomic E-state index is 11.6. The predicted octanol–water partition coefficient (Wildman–Crippen LogP) is 5.27. The van der Waals surface area contributed by atoms with Gasteiger partial charge < -0.3 is 10.8 Å². The van der Waals surface area contributed by atoms with Crippen LogP contribution in [0.15, 0.2) is 0 Å². The van der Waals surface area contributed by atoms with Gasteiger partial charge in [-0.25, -0.2) is 0 Å². The van der Waals surface area contributed by atoms with Gasteiger partial charge in [0.1, 0.15) is 0 Å². The molecule has 1 unspecified atom stereocenters. The van der Waals surface area contributed by atoms with Gasteiger partial charge in [0.05, 0.1) is 5.92 Å². The molecule has 134 valence electrons. The zero-order valence-corrected chi connectivity index (χ0v) is 14.9. The fraction of sp³-hybridized carbons (Fsp3) is 0.950. The van der Waals surface area contributed by atoms with Gasteiger partial charge in [0, 0.05) is 5.54 Å². The lowest BCUT2D eigenvalue weighted by Crippen LogP contribution is -2.63. The molecule has 0 heterocycles. The molecule has 0 aromatic rings. The molecule has 0 saturated heterocycles. The predicted molar refractivity (Wildman–Crippen MR) is 95.4 cm³/mol. The molecule has 0 amide bonds. The molecule has 0 radical (unpaired) electrons. The first-order chi connectivity index (χ1) is 11.1. The smallest absolute Gasteiger partial charge is 0.308 e. The van der Waals surface area contributed by atoms with E-state index in [4.69, 9.17) is 5.73 Å². The number of rotatable bonds is 1. The van der Waals surface area contributed by atoms with Crippen LogP contribution >= 0.6 is 0 Å². The maximum atomic E-state index is 11.6. The number of aliphatic carboxylic acids is 1. The molecule has 0 spiro atoms. The summed E-state index contributed by atoms with van der Waals surface area (Å²) in [5.41, 5.74) is 6.04. The standard InChI is InChI=1S/C20H37NO2/c21-20-15-13-11-9-7-5-3-1-2-4-6-8-10-12-14-17(16-20)18(20)19(22)23/h17-18H,1-16,21H2,(H,22,23)/t17?,18-,20-/m0/s1. The van der Waals surface area contributed by atoms with Crippen molar-refractivity contribution in [2.75, 3.05) is 0 Å². The first-order valence-electron chi connectivity index (χ1n) is 10.2. The molecule has 3 atom stereocenters. The minimum absolute atomic E-state index is 0.290. The van der Waals surface area contributed by atoms with Crippen LogP contribution in [0.25, 0.3) is 0 Å². The SMILES string of the molecule is N[C@@]12CCCCCCCCCCCCCCCC(C1)[C@H]2C(=O)O. The Labute approximate surface area is 142 Å². The number of hydrogen-bond acceptors (Lipinski definition) is 2. The lowest BCUT2D eigenvalue weighted by Gasteiger charge is -2.51. The third-order valence-corrected chi connectivity index (χ3v) is 6.22. The van der Waals surface area contributed by atoms with Gasteiger partial charge in [-0.3, -0.25) is 4.79 Å². The van der Waals surface area contributed by atoms with Gasteiger partial charge in [0.2, 0.25) is 0 Å². The second kappa shape index (κ2) is 9.66. The Morgan fingerprint density at radius 3 is 1.70 bits per heavy atom. The number of carboxylic acid groups (broad SMARTS) is 1. The van der Waals surface area contributed by atoms with Crippen LogP contribution in [-0.4, -0.2) is 16.6 Å². The molecule has 3 aliphatic rings. The average molecular weight is 324 g/mol. The van der Waals surface area contributed by atoms with E-state index in [2.05, 4.69) is 0 Å². The van der Waals surface area contributed by atoms with Crippen LogP contribution in [0.4, 0.5) is 0 Å². The van der Waals surface area contributed by atoms with Gasteiger partial charge in [0.25, 0.3) is 0 Å². The lowest BCUT2D eigenvalue weighted by atomic mass is 9.56. The summed E-state index contributed by atoms with van der Waals surface area (Å²) in [5.74, 6) is -0.615. The van der Waals surface area contributed by atoms with E-state index < -0.39 is 11.5 Å². The third kappa shape index (κ3) is 5.77. The summed E-state index contributed by atoms with van der Waals surface area (Å²) in [4.78, 5) is 11.6. The highest BCUT2D eigenvalue weighted by molar-refractivity contribution is 5.73. The van der Waals surface area contributed by atoms with Crippen LogP contribution in [0.3, 0.4) is 0 Å². The van der Waals surface area contributed by atoms with Gasteiger partial charge in [-0.05, 0) is 25.2 Å². The van der Waals surface area contributed by atoms with Crippen LogP contribution in [0.1, 0.15) is 103 Å². The Kier molecular flexibility index (Phi) is 7.88. The fourth-order valence-electron chi connectivity index (χ4n) is 4.82. The van der Waals surface area contributed by atoms with E-state index in [1.807, 2.05) is 0 Å². The molecule has 3 N–H and O–H groups in total. The first-order valence-corrected chi connectivity index (χ1v) is 10.2. The van der Waals surface area contributed by atoms with Crippen molar-refractivity contribution >= 4 is 5.97 Å². The third-order valence-electron chi connectivity index (χ3n) is 6.22. The Morgan fingerprint density at radius 1 is 0.783 bits per heavy atom. The van der Waals surface area contributed by atoms with Crippen molar-refractivity contribution in [3.63, 3.8) is 0 Å². The van der Waals surface area contributed by atoms with E-state index in [0.29, 0.717) is 5.92 Å². The van der Waals surface area contributed by atoms with Gasteiger partial charge in [-0.1, -0.05) is 83.5 Å². The summed E-state index contributed by atoms with van der Waals surface area (Å²) in [6, 6.07) is 0. The lowest BCUT2D eigenvalue weighted by molar-refractivity contribution is -0.155. The molecule has 2 bridgehead atoms. The van der Waals surface area contributed by atoms with Gasteiger partial charge >= 0.3 is 5.97 Å². The summed E-state index contributed by atoms with van der Waals surface area (Å²) in [5, 5.41) is 9.58. The van der Waals surface area contributed by atoms with E-state index in [-0.39, 0.29) is 5.92 Å². The maximum Gasteiger partial charge on any atom is 0.308 e. The van der Waals surface area contributed by atoms with Gasteiger partial charge in [-0.15, -0.1) is 0 Å². The largest absolute Gasteiger partial charge is 0.481 e. The second-order valence-electron chi connectivity index (χ2n) is 8.15. The van der Waals surface area contributed by atoms with Gasteiger partial charge in [-0.2, -0.15) is 0 Å². The van der Waals surface area contributed by atoms with Crippen molar-refractivity contribution in [2.24, 2.45) is 17.6 Å². The summed E-state index contributed by atoms with van der Waals surface area (Å²) in [6.45, 7) is 0. The Bertz CT molecular complexity index is 354. The van der Waals surface area contributed by atoms with Crippen LogP contribution in [-0.2, 0) is 4.79 Å². The number of nitrogens with two attached hydrogens (primary N) is 1. The second-order valence-corrected chi connectivity index (χ2v) is 8.15. The monoisotopic (exact) mass is 323 g/mol. The number of fused-ring (bicyclic) bond motifs is 14. The van der Waals surface area contributed by atoms with Crippen LogP contribution < -0.4 is 5.73 Å². The molecule has 3 saturated carbocycles. The Balaban J connectivity index is 1.81. The molecule has 3 fully saturated rings. The molecule has 0 aromatic heterocycles. The molecule has 3 aliphatic carbocycles. The average Bonchev–Trinajstić information content (AvgIpc) is 2.48. The Morgan fingerprint density at radius 2 is 1.22 bits per heavy atom. The van der Waals surface area contributed by atoms with Crippen molar-refractivity contribution in [3.05, 3.63) is 0 Å². The molecule has 3 heteroatoms. The first kappa shape index (κ1) is 18.8. The summed E-state index contributed by atoms with van der Waals surface area (Å²) < 4.78 is 0. The molecule has 3 nitrogen and oxygen atoms in total. The van der Waals surface area contributed by atoms with Crippen LogP contribution in [0.2, 0.25) is 0 Å². The van der Waals surface area contributed by atoms with E-state index >= 15 is 0 Å². The molecular formula is C20H37NO2. The van der Waals surface area contributed by atoms with Crippen molar-refractivity contribution < 1.29 is 9.90 Å². The summed E-state index contributed by atoms with van der Waals surface area (Å²) >= 11 is 0. The van der Waals surface area contributed by atoms with Gasteiger partial charge in [0.15, 0.2) is 0 Å². The normalized spacial score (nSPS) is 35.5. The minimum atomic E-state index is -0.654. The fourth-order valence-corrected chi connectivity index (χ4v) is 4.82. The topological polar surface area (TPSA) is 63.3 Å². The van der Waals surface area contributed by atoms with Crippen molar-refractivity contribution in [1.82, 2.24) is 0 Å². The van der Waals surface area contributed by atoms with Crippen molar-refractivity contribution in [1.29, 1.82) is 0 Å². The van der Waals surface area contributed by atoms with E-state index in [1.54, 1.807) is 0 Å². The highest BCUT2D eigenvalue weighted by Gasteiger charge is 2.54. The molecule has 0 aromatic carbocycles. The molecule has 0 aliphatic heterocycles. The van der Waals surface area contributed by atoms with Crippen LogP contribution in [0.5, 0.6) is 0 Å². The van der Waals surface area contributed by atoms with E-state index in [9.17, 15) is 9.90 Å². The quantitative estimate of drug-likeness (QED) is 0.691. The Hall–Kier alpha value is -0.570. The zero-order chi connectivity index (χ0) is 16.5. The molecule has 23 heavy (non-hydrogen) atoms. The van der Waals surface area contributed by atoms with Crippen LogP contribution in [0, 0.1) is 11.8 Å². The highest BCUT2D eigenvalue weighted by atomic mass is 16.4. The minimum Gasteiger partial charge on any atom is -0.481 e. The zero-order valence-electron chi connectivity index (χ0n) is 14.9. The van der Waals surface area contributed by atoms with Crippen molar-refractivity contribution in [2.45, 2.75) is 108 Å². The number of carbonyl (C=O) groups is 1. The number of carboxylic acids is 1. The van der Waals surface area contributed by atoms with Crippen molar-refractivity contribution in [3.8, 4) is 0 Å².